The Morgan fingerprint density at radius 3 is 2.66 bits per heavy atom. The smallest absolute Gasteiger partial charge is 0.251 e. The molecule has 4 rings (SSSR count). The summed E-state index contributed by atoms with van der Waals surface area (Å²) in [5.41, 5.74) is 4.94. The number of para-hydroxylation sites is 1. The topological polar surface area (TPSA) is 63.3 Å². The van der Waals surface area contributed by atoms with Crippen LogP contribution in [0.3, 0.4) is 0 Å². The lowest BCUT2D eigenvalue weighted by atomic mass is 9.90. The maximum absolute atomic E-state index is 12.9. The van der Waals surface area contributed by atoms with Crippen molar-refractivity contribution in [3.63, 3.8) is 0 Å². The summed E-state index contributed by atoms with van der Waals surface area (Å²) in [6, 6.07) is 21.8. The van der Waals surface area contributed by atoms with E-state index in [1.807, 2.05) is 74.6 Å². The van der Waals surface area contributed by atoms with Crippen LogP contribution in [0.25, 0.3) is 10.9 Å². The zero-order valence-electron chi connectivity index (χ0n) is 18.6. The van der Waals surface area contributed by atoms with Gasteiger partial charge in [0.15, 0.2) is 11.5 Å². The van der Waals surface area contributed by atoms with Crippen molar-refractivity contribution in [3.05, 3.63) is 95.2 Å². The van der Waals surface area contributed by atoms with Crippen molar-refractivity contribution in [2.24, 2.45) is 0 Å². The van der Waals surface area contributed by atoms with E-state index in [1.165, 1.54) is 0 Å². The van der Waals surface area contributed by atoms with E-state index < -0.39 is 0 Å². The van der Waals surface area contributed by atoms with E-state index in [-0.39, 0.29) is 11.8 Å². The average Bonchev–Trinajstić information content (AvgIpc) is 3.24. The number of ether oxygens (including phenoxy) is 2. The van der Waals surface area contributed by atoms with Gasteiger partial charge in [-0.25, -0.2) is 0 Å². The molecule has 0 unspecified atom stereocenters. The molecule has 2 N–H and O–H groups in total. The van der Waals surface area contributed by atoms with E-state index in [4.69, 9.17) is 9.47 Å². The molecule has 5 heteroatoms. The van der Waals surface area contributed by atoms with Gasteiger partial charge in [0.1, 0.15) is 0 Å². The number of carbonyl (C=O) groups is 1. The summed E-state index contributed by atoms with van der Waals surface area (Å²) in [4.78, 5) is 16.2. The normalized spacial score (nSPS) is 11.8. The fourth-order valence-corrected chi connectivity index (χ4v) is 4.05. The quantitative estimate of drug-likeness (QED) is 0.392. The molecule has 0 fully saturated rings. The van der Waals surface area contributed by atoms with Crippen molar-refractivity contribution in [3.8, 4) is 11.5 Å². The van der Waals surface area contributed by atoms with E-state index in [0.29, 0.717) is 30.2 Å². The maximum atomic E-state index is 12.9. The number of amides is 1. The van der Waals surface area contributed by atoms with Gasteiger partial charge in [-0.2, -0.15) is 0 Å². The van der Waals surface area contributed by atoms with Crippen molar-refractivity contribution >= 4 is 16.8 Å². The number of fused-ring (bicyclic) bond motifs is 1. The van der Waals surface area contributed by atoms with Crippen LogP contribution < -0.4 is 14.8 Å². The third-order valence-corrected chi connectivity index (χ3v) is 5.63. The highest BCUT2D eigenvalue weighted by Gasteiger charge is 2.21. The largest absolute Gasteiger partial charge is 0.493 e. The van der Waals surface area contributed by atoms with Crippen LogP contribution in [-0.4, -0.2) is 31.2 Å². The van der Waals surface area contributed by atoms with Crippen LogP contribution in [0.2, 0.25) is 0 Å². The van der Waals surface area contributed by atoms with Gasteiger partial charge in [0.25, 0.3) is 5.91 Å². The van der Waals surface area contributed by atoms with E-state index >= 15 is 0 Å². The molecule has 0 spiro atoms. The number of methoxy groups -OCH3 is 1. The predicted octanol–water partition coefficient (Wildman–Crippen LogP) is 5.45. The number of hydrogen-bond acceptors (Lipinski definition) is 3. The summed E-state index contributed by atoms with van der Waals surface area (Å²) in [5.74, 6) is 1.24. The Kier molecular flexibility index (Phi) is 6.45. The SMILES string of the molecule is CCOc1ccc([C@H](CNC(=O)c2cccc(C)c2)c2c[nH]c3ccccc23)cc1OC. The van der Waals surface area contributed by atoms with Crippen LogP contribution in [0.4, 0.5) is 0 Å². The van der Waals surface area contributed by atoms with Crippen molar-refractivity contribution in [2.75, 3.05) is 20.3 Å². The maximum Gasteiger partial charge on any atom is 0.251 e. The van der Waals surface area contributed by atoms with Gasteiger partial charge >= 0.3 is 0 Å². The fraction of sp³-hybridized carbons (Fsp3) is 0.222. The van der Waals surface area contributed by atoms with Crippen molar-refractivity contribution < 1.29 is 14.3 Å². The summed E-state index contributed by atoms with van der Waals surface area (Å²) < 4.78 is 11.3. The van der Waals surface area contributed by atoms with Gasteiger partial charge in [-0.15, -0.1) is 0 Å². The lowest BCUT2D eigenvalue weighted by Gasteiger charge is -2.20. The number of aromatic amines is 1. The highest BCUT2D eigenvalue weighted by Crippen LogP contribution is 2.35. The van der Waals surface area contributed by atoms with Gasteiger partial charge in [-0.3, -0.25) is 4.79 Å². The van der Waals surface area contributed by atoms with Gasteiger partial charge in [0.2, 0.25) is 0 Å². The second-order valence-electron chi connectivity index (χ2n) is 7.77. The number of benzene rings is 3. The molecule has 5 nitrogen and oxygen atoms in total. The second-order valence-corrected chi connectivity index (χ2v) is 7.77. The Balaban J connectivity index is 1.70. The first-order valence-electron chi connectivity index (χ1n) is 10.8. The molecule has 1 amide bonds. The molecule has 164 valence electrons. The van der Waals surface area contributed by atoms with Gasteiger partial charge in [0, 0.05) is 35.1 Å². The molecule has 0 saturated heterocycles. The van der Waals surface area contributed by atoms with Crippen molar-refractivity contribution in [1.29, 1.82) is 0 Å². The summed E-state index contributed by atoms with van der Waals surface area (Å²) in [6.45, 7) is 4.94. The molecule has 0 bridgehead atoms. The second kappa shape index (κ2) is 9.60. The molecule has 1 atom stereocenters. The van der Waals surface area contributed by atoms with Gasteiger partial charge in [0.05, 0.1) is 13.7 Å². The molecule has 4 aromatic rings. The summed E-state index contributed by atoms with van der Waals surface area (Å²) >= 11 is 0. The molecule has 1 aromatic heterocycles. The third kappa shape index (κ3) is 4.47. The molecule has 0 aliphatic carbocycles. The molecular formula is C27H28N2O3. The summed E-state index contributed by atoms with van der Waals surface area (Å²) in [7, 11) is 1.64. The number of aromatic nitrogens is 1. The highest BCUT2D eigenvalue weighted by atomic mass is 16.5. The zero-order valence-corrected chi connectivity index (χ0v) is 18.6. The molecule has 32 heavy (non-hydrogen) atoms. The molecule has 0 radical (unpaired) electrons. The average molecular weight is 429 g/mol. The highest BCUT2D eigenvalue weighted by molar-refractivity contribution is 5.94. The Hall–Kier alpha value is -3.73. The third-order valence-electron chi connectivity index (χ3n) is 5.63. The Morgan fingerprint density at radius 2 is 1.88 bits per heavy atom. The molecule has 3 aromatic carbocycles. The first kappa shape index (κ1) is 21.5. The predicted molar refractivity (Wildman–Crippen MR) is 128 cm³/mol. The number of H-pyrrole nitrogens is 1. The van der Waals surface area contributed by atoms with E-state index in [0.717, 1.165) is 27.6 Å². The van der Waals surface area contributed by atoms with E-state index in [2.05, 4.69) is 22.4 Å². The van der Waals surface area contributed by atoms with Crippen LogP contribution in [0, 0.1) is 6.92 Å². The zero-order chi connectivity index (χ0) is 22.5. The monoisotopic (exact) mass is 428 g/mol. The lowest BCUT2D eigenvalue weighted by Crippen LogP contribution is -2.29. The molecule has 0 aliphatic rings. The van der Waals surface area contributed by atoms with Crippen molar-refractivity contribution in [1.82, 2.24) is 10.3 Å². The van der Waals surface area contributed by atoms with Gasteiger partial charge in [-0.1, -0.05) is 42.0 Å². The van der Waals surface area contributed by atoms with Crippen molar-refractivity contribution in [2.45, 2.75) is 19.8 Å². The molecule has 0 aliphatic heterocycles. The van der Waals surface area contributed by atoms with E-state index in [1.54, 1.807) is 7.11 Å². The fourth-order valence-electron chi connectivity index (χ4n) is 4.05. The summed E-state index contributed by atoms with van der Waals surface area (Å²) in [5, 5.41) is 4.26. The number of rotatable bonds is 8. The number of nitrogens with one attached hydrogen (secondary N) is 2. The summed E-state index contributed by atoms with van der Waals surface area (Å²) in [6.07, 6.45) is 2.02. The van der Waals surface area contributed by atoms with Crippen LogP contribution >= 0.6 is 0 Å². The Labute approximate surface area is 188 Å². The minimum absolute atomic E-state index is 0.0653. The number of hydrogen-bond donors (Lipinski definition) is 2. The standard InChI is InChI=1S/C27H28N2O3/c1-4-32-25-13-12-19(15-26(25)31-3)22(23-17-28-24-11-6-5-10-21(23)24)16-29-27(30)20-9-7-8-18(2)14-20/h5-15,17,22,28H,4,16H2,1-3H3,(H,29,30)/t22-/m0/s1. The lowest BCUT2D eigenvalue weighted by molar-refractivity contribution is 0.0952. The Bertz CT molecular complexity index is 1230. The van der Waals surface area contributed by atoms with Crippen LogP contribution in [0.15, 0.2) is 72.9 Å². The van der Waals surface area contributed by atoms with Crippen LogP contribution in [-0.2, 0) is 0 Å². The molecule has 1 heterocycles. The number of carbonyl (C=O) groups excluding carboxylic acids is 1. The first-order chi connectivity index (χ1) is 15.6. The minimum Gasteiger partial charge on any atom is -0.493 e. The first-order valence-corrected chi connectivity index (χ1v) is 10.8. The number of aryl methyl sites for hydroxylation is 1. The molecule has 0 saturated carbocycles. The van der Waals surface area contributed by atoms with E-state index in [9.17, 15) is 4.79 Å². The van der Waals surface area contributed by atoms with Crippen LogP contribution in [0.1, 0.15) is 39.9 Å². The van der Waals surface area contributed by atoms with Gasteiger partial charge in [-0.05, 0) is 55.3 Å². The van der Waals surface area contributed by atoms with Gasteiger partial charge < -0.3 is 19.8 Å². The van der Waals surface area contributed by atoms with Crippen LogP contribution in [0.5, 0.6) is 11.5 Å². The minimum atomic E-state index is -0.0866. The Morgan fingerprint density at radius 1 is 1.03 bits per heavy atom. The molecular weight excluding hydrogens is 400 g/mol.